The number of hydrogen-bond donors (Lipinski definition) is 0. The molecule has 0 aromatic carbocycles. The standard InChI is InChI=1S/C11H21N/c1-4-8-12-9-6-5-7-11(12)10(2)3/h11H,2,4-9H2,1,3H3. The molecule has 1 aliphatic heterocycles. The first kappa shape index (κ1) is 9.79. The van der Waals surface area contributed by atoms with E-state index in [1.165, 1.54) is 44.3 Å². The third-order valence-corrected chi connectivity index (χ3v) is 2.69. The molecule has 0 saturated carbocycles. The molecular formula is C11H21N. The highest BCUT2D eigenvalue weighted by Gasteiger charge is 2.21. The van der Waals surface area contributed by atoms with Crippen LogP contribution in [0.3, 0.4) is 0 Å². The van der Waals surface area contributed by atoms with Crippen molar-refractivity contribution < 1.29 is 0 Å². The van der Waals surface area contributed by atoms with E-state index in [1.54, 1.807) is 0 Å². The zero-order valence-electron chi connectivity index (χ0n) is 8.47. The third kappa shape index (κ3) is 2.34. The Morgan fingerprint density at radius 1 is 1.50 bits per heavy atom. The van der Waals surface area contributed by atoms with Gasteiger partial charge in [-0.1, -0.05) is 25.5 Å². The normalized spacial score (nSPS) is 25.7. The Hall–Kier alpha value is -0.300. The Labute approximate surface area is 76.5 Å². The first-order valence-corrected chi connectivity index (χ1v) is 5.15. The predicted molar refractivity (Wildman–Crippen MR) is 54.3 cm³/mol. The second-order valence-corrected chi connectivity index (χ2v) is 3.89. The van der Waals surface area contributed by atoms with E-state index in [0.717, 1.165) is 0 Å². The first-order valence-electron chi connectivity index (χ1n) is 5.15. The fourth-order valence-electron chi connectivity index (χ4n) is 2.10. The van der Waals surface area contributed by atoms with Crippen molar-refractivity contribution in [3.05, 3.63) is 12.2 Å². The van der Waals surface area contributed by atoms with Crippen LogP contribution in [0.2, 0.25) is 0 Å². The van der Waals surface area contributed by atoms with Crippen LogP contribution in [-0.4, -0.2) is 24.0 Å². The van der Waals surface area contributed by atoms with E-state index >= 15 is 0 Å². The summed E-state index contributed by atoms with van der Waals surface area (Å²) in [5.41, 5.74) is 1.35. The largest absolute Gasteiger partial charge is 0.297 e. The molecule has 1 saturated heterocycles. The van der Waals surface area contributed by atoms with E-state index in [-0.39, 0.29) is 0 Å². The molecule has 0 aromatic rings. The Bertz CT molecular complexity index is 149. The smallest absolute Gasteiger partial charge is 0.0302 e. The zero-order chi connectivity index (χ0) is 8.97. The van der Waals surface area contributed by atoms with Crippen LogP contribution in [-0.2, 0) is 0 Å². The summed E-state index contributed by atoms with van der Waals surface area (Å²) in [7, 11) is 0. The Morgan fingerprint density at radius 2 is 2.25 bits per heavy atom. The lowest BCUT2D eigenvalue weighted by Crippen LogP contribution is -2.40. The van der Waals surface area contributed by atoms with Crippen LogP contribution < -0.4 is 0 Å². The Balaban J connectivity index is 2.48. The van der Waals surface area contributed by atoms with E-state index in [4.69, 9.17) is 0 Å². The SMILES string of the molecule is C=C(C)C1CCCCN1CCC. The van der Waals surface area contributed by atoms with Crippen LogP contribution in [0.4, 0.5) is 0 Å². The van der Waals surface area contributed by atoms with Gasteiger partial charge in [0.05, 0.1) is 0 Å². The second kappa shape index (κ2) is 4.66. The van der Waals surface area contributed by atoms with Crippen molar-refractivity contribution in [3.8, 4) is 0 Å². The van der Waals surface area contributed by atoms with Crippen molar-refractivity contribution >= 4 is 0 Å². The van der Waals surface area contributed by atoms with Gasteiger partial charge >= 0.3 is 0 Å². The summed E-state index contributed by atoms with van der Waals surface area (Å²) >= 11 is 0. The molecule has 1 aliphatic rings. The van der Waals surface area contributed by atoms with Gasteiger partial charge < -0.3 is 0 Å². The van der Waals surface area contributed by atoms with Gasteiger partial charge in [0, 0.05) is 6.04 Å². The molecule has 0 bridgehead atoms. The van der Waals surface area contributed by atoms with Crippen LogP contribution in [0, 0.1) is 0 Å². The van der Waals surface area contributed by atoms with Crippen LogP contribution in [0.5, 0.6) is 0 Å². The van der Waals surface area contributed by atoms with E-state index < -0.39 is 0 Å². The molecule has 1 unspecified atom stereocenters. The molecular weight excluding hydrogens is 146 g/mol. The molecule has 1 atom stereocenters. The number of rotatable bonds is 3. The molecule has 12 heavy (non-hydrogen) atoms. The predicted octanol–water partition coefficient (Wildman–Crippen LogP) is 2.83. The van der Waals surface area contributed by atoms with Gasteiger partial charge in [-0.25, -0.2) is 0 Å². The first-order chi connectivity index (χ1) is 5.75. The zero-order valence-corrected chi connectivity index (χ0v) is 8.47. The quantitative estimate of drug-likeness (QED) is 0.584. The summed E-state index contributed by atoms with van der Waals surface area (Å²) in [6, 6.07) is 0.679. The van der Waals surface area contributed by atoms with Crippen molar-refractivity contribution in [3.63, 3.8) is 0 Å². The molecule has 0 spiro atoms. The lowest BCUT2D eigenvalue weighted by Gasteiger charge is -2.35. The highest BCUT2D eigenvalue weighted by molar-refractivity contribution is 5.03. The monoisotopic (exact) mass is 167 g/mol. The highest BCUT2D eigenvalue weighted by Crippen LogP contribution is 2.21. The summed E-state index contributed by atoms with van der Waals surface area (Å²) < 4.78 is 0. The fourth-order valence-corrected chi connectivity index (χ4v) is 2.10. The average Bonchev–Trinajstić information content (AvgIpc) is 2.05. The summed E-state index contributed by atoms with van der Waals surface area (Å²) in [5, 5.41) is 0. The molecule has 0 radical (unpaired) electrons. The summed E-state index contributed by atoms with van der Waals surface area (Å²) in [6.45, 7) is 11.0. The summed E-state index contributed by atoms with van der Waals surface area (Å²) in [4.78, 5) is 2.59. The van der Waals surface area contributed by atoms with E-state index in [9.17, 15) is 0 Å². The van der Waals surface area contributed by atoms with Gasteiger partial charge in [-0.05, 0) is 39.3 Å². The molecule has 1 rings (SSSR count). The van der Waals surface area contributed by atoms with Gasteiger partial charge in [0.25, 0.3) is 0 Å². The second-order valence-electron chi connectivity index (χ2n) is 3.89. The number of hydrogen-bond acceptors (Lipinski definition) is 1. The molecule has 0 aliphatic carbocycles. The molecule has 1 heterocycles. The van der Waals surface area contributed by atoms with Gasteiger partial charge in [0.2, 0.25) is 0 Å². The van der Waals surface area contributed by atoms with E-state index in [1.807, 2.05) is 0 Å². The lowest BCUT2D eigenvalue weighted by atomic mass is 9.97. The van der Waals surface area contributed by atoms with Crippen LogP contribution in [0.25, 0.3) is 0 Å². The Kier molecular flexibility index (Phi) is 3.80. The fraction of sp³-hybridized carbons (Fsp3) is 0.818. The van der Waals surface area contributed by atoms with Crippen molar-refractivity contribution in [1.82, 2.24) is 4.90 Å². The lowest BCUT2D eigenvalue weighted by molar-refractivity contribution is 0.172. The maximum absolute atomic E-state index is 4.07. The van der Waals surface area contributed by atoms with Gasteiger partial charge in [0.1, 0.15) is 0 Å². The van der Waals surface area contributed by atoms with Gasteiger partial charge in [-0.15, -0.1) is 0 Å². The molecule has 0 amide bonds. The topological polar surface area (TPSA) is 3.24 Å². The molecule has 70 valence electrons. The van der Waals surface area contributed by atoms with Crippen molar-refractivity contribution in [2.24, 2.45) is 0 Å². The van der Waals surface area contributed by atoms with Gasteiger partial charge in [-0.2, -0.15) is 0 Å². The maximum atomic E-state index is 4.07. The Morgan fingerprint density at radius 3 is 2.83 bits per heavy atom. The highest BCUT2D eigenvalue weighted by atomic mass is 15.2. The molecule has 1 fully saturated rings. The molecule has 0 N–H and O–H groups in total. The summed E-state index contributed by atoms with van der Waals surface area (Å²) in [5.74, 6) is 0. The van der Waals surface area contributed by atoms with Crippen LogP contribution in [0.1, 0.15) is 39.5 Å². The minimum absolute atomic E-state index is 0.679. The number of nitrogens with zero attached hydrogens (tertiary/aromatic N) is 1. The van der Waals surface area contributed by atoms with Gasteiger partial charge in [0.15, 0.2) is 0 Å². The third-order valence-electron chi connectivity index (χ3n) is 2.69. The average molecular weight is 167 g/mol. The summed E-state index contributed by atoms with van der Waals surface area (Å²) in [6.07, 6.45) is 5.36. The number of likely N-dealkylation sites (tertiary alicyclic amines) is 1. The molecule has 1 nitrogen and oxygen atoms in total. The van der Waals surface area contributed by atoms with Crippen molar-refractivity contribution in [1.29, 1.82) is 0 Å². The van der Waals surface area contributed by atoms with Crippen molar-refractivity contribution in [2.75, 3.05) is 13.1 Å². The molecule has 1 heteroatoms. The van der Waals surface area contributed by atoms with E-state index in [2.05, 4.69) is 25.3 Å². The van der Waals surface area contributed by atoms with E-state index in [0.29, 0.717) is 6.04 Å². The molecule has 0 aromatic heterocycles. The minimum atomic E-state index is 0.679. The van der Waals surface area contributed by atoms with Crippen LogP contribution >= 0.6 is 0 Å². The number of piperidine rings is 1. The van der Waals surface area contributed by atoms with Gasteiger partial charge in [-0.3, -0.25) is 4.90 Å². The van der Waals surface area contributed by atoms with Crippen molar-refractivity contribution in [2.45, 2.75) is 45.6 Å². The maximum Gasteiger partial charge on any atom is 0.0302 e. The van der Waals surface area contributed by atoms with Crippen LogP contribution in [0.15, 0.2) is 12.2 Å². The minimum Gasteiger partial charge on any atom is -0.297 e.